The Balaban J connectivity index is 1.43. The largest absolute Gasteiger partial charge is 0.391 e. The molecule has 188 valence electrons. The first kappa shape index (κ1) is 24.5. The summed E-state index contributed by atoms with van der Waals surface area (Å²) in [5.74, 6) is -0.308. The second kappa shape index (κ2) is 9.67. The molecule has 5 rings (SSSR count). The van der Waals surface area contributed by atoms with E-state index >= 15 is 0 Å². The molecule has 0 spiro atoms. The molecule has 1 saturated heterocycles. The molecule has 0 radical (unpaired) electrons. The van der Waals surface area contributed by atoms with Gasteiger partial charge in [-0.25, -0.2) is 13.4 Å². The van der Waals surface area contributed by atoms with Crippen molar-refractivity contribution in [3.05, 3.63) is 52.1 Å². The van der Waals surface area contributed by atoms with Crippen molar-refractivity contribution < 1.29 is 18.3 Å². The molecule has 2 aliphatic heterocycles. The van der Waals surface area contributed by atoms with Gasteiger partial charge in [0.1, 0.15) is 6.07 Å². The molecule has 10 nitrogen and oxygen atoms in total. The number of sulfonamides is 1. The van der Waals surface area contributed by atoms with Crippen LogP contribution >= 0.6 is 11.3 Å². The first-order chi connectivity index (χ1) is 17.2. The number of nitrogens with one attached hydrogen (secondary N) is 2. The van der Waals surface area contributed by atoms with E-state index < -0.39 is 22.2 Å². The van der Waals surface area contributed by atoms with Crippen LogP contribution < -0.4 is 10.2 Å². The number of carbonyl (C=O) groups is 1. The fraction of sp³-hybridized carbons (Fsp3) is 0.375. The summed E-state index contributed by atoms with van der Waals surface area (Å²) in [6, 6.07) is 7.44. The van der Waals surface area contributed by atoms with Crippen LogP contribution in [0, 0.1) is 11.3 Å². The molecule has 3 N–H and O–H groups in total. The Labute approximate surface area is 212 Å². The van der Waals surface area contributed by atoms with Crippen molar-refractivity contribution in [2.75, 3.05) is 37.3 Å². The minimum Gasteiger partial charge on any atom is -0.391 e. The summed E-state index contributed by atoms with van der Waals surface area (Å²) in [5, 5.41) is 26.1. The average Bonchev–Trinajstić information content (AvgIpc) is 3.55. The van der Waals surface area contributed by atoms with Gasteiger partial charge in [0.05, 0.1) is 29.5 Å². The number of piperidine rings is 1. The highest BCUT2D eigenvalue weighted by molar-refractivity contribution is 7.88. The van der Waals surface area contributed by atoms with Crippen LogP contribution in [-0.2, 0) is 10.0 Å². The number of fused-ring (bicyclic) bond motifs is 1. The van der Waals surface area contributed by atoms with Crippen molar-refractivity contribution in [2.24, 2.45) is 0 Å². The number of H-pyrrole nitrogens is 1. The topological polar surface area (TPSA) is 142 Å². The second-order valence-corrected chi connectivity index (χ2v) is 11.9. The molecule has 0 bridgehead atoms. The normalized spacial score (nSPS) is 21.2. The van der Waals surface area contributed by atoms with Crippen LogP contribution in [0.2, 0.25) is 0 Å². The Kier molecular flexibility index (Phi) is 6.57. The van der Waals surface area contributed by atoms with Gasteiger partial charge in [-0.2, -0.15) is 9.57 Å². The van der Waals surface area contributed by atoms with Crippen molar-refractivity contribution >= 4 is 49.4 Å². The van der Waals surface area contributed by atoms with Crippen LogP contribution in [0.3, 0.4) is 0 Å². The summed E-state index contributed by atoms with van der Waals surface area (Å²) >= 11 is 1.25. The van der Waals surface area contributed by atoms with E-state index in [1.54, 1.807) is 17.6 Å². The van der Waals surface area contributed by atoms with Crippen LogP contribution in [-0.4, -0.2) is 78.3 Å². The van der Waals surface area contributed by atoms with E-state index in [9.17, 15) is 23.6 Å². The summed E-state index contributed by atoms with van der Waals surface area (Å²) < 4.78 is 25.1. The molecule has 0 aliphatic carbocycles. The molecule has 4 heterocycles. The molecule has 1 aromatic carbocycles. The van der Waals surface area contributed by atoms with Crippen molar-refractivity contribution in [1.29, 1.82) is 5.26 Å². The first-order valence-corrected chi connectivity index (χ1v) is 14.3. The van der Waals surface area contributed by atoms with E-state index in [0.29, 0.717) is 55.1 Å². The maximum Gasteiger partial charge on any atom is 0.280 e. The lowest BCUT2D eigenvalue weighted by Crippen LogP contribution is -2.55. The van der Waals surface area contributed by atoms with Crippen LogP contribution in [0.1, 0.15) is 33.9 Å². The van der Waals surface area contributed by atoms with E-state index in [1.165, 1.54) is 21.9 Å². The number of hydrogen-bond donors (Lipinski definition) is 3. The van der Waals surface area contributed by atoms with Crippen LogP contribution in [0.5, 0.6) is 0 Å². The molecule has 3 aromatic rings. The van der Waals surface area contributed by atoms with Crippen molar-refractivity contribution in [1.82, 2.24) is 19.6 Å². The number of aromatic amines is 1. The molecular formula is C24H26N6O4S2. The van der Waals surface area contributed by atoms with Crippen molar-refractivity contribution in [3.8, 4) is 6.07 Å². The number of aliphatic hydroxyl groups is 1. The van der Waals surface area contributed by atoms with E-state index in [-0.39, 0.29) is 5.91 Å². The Morgan fingerprint density at radius 2 is 2.19 bits per heavy atom. The lowest BCUT2D eigenvalue weighted by atomic mass is 10.00. The van der Waals surface area contributed by atoms with Gasteiger partial charge in [-0.3, -0.25) is 4.79 Å². The summed E-state index contributed by atoms with van der Waals surface area (Å²) in [6.07, 6.45) is 5.06. The molecule has 1 amide bonds. The zero-order valence-electron chi connectivity index (χ0n) is 19.6. The van der Waals surface area contributed by atoms with Crippen LogP contribution in [0.15, 0.2) is 35.9 Å². The Morgan fingerprint density at radius 3 is 2.86 bits per heavy atom. The van der Waals surface area contributed by atoms with Crippen molar-refractivity contribution in [3.63, 3.8) is 0 Å². The summed E-state index contributed by atoms with van der Waals surface area (Å²) in [7, 11) is -3.25. The third-order valence-corrected chi connectivity index (χ3v) is 8.78. The number of carbonyl (C=O) groups excluding carboxylic acids is 1. The van der Waals surface area contributed by atoms with Gasteiger partial charge in [-0.15, -0.1) is 11.3 Å². The predicted molar refractivity (Wildman–Crippen MR) is 138 cm³/mol. The van der Waals surface area contributed by atoms with Gasteiger partial charge in [0.25, 0.3) is 5.91 Å². The smallest absolute Gasteiger partial charge is 0.280 e. The van der Waals surface area contributed by atoms with Gasteiger partial charge in [0.15, 0.2) is 5.01 Å². The van der Waals surface area contributed by atoms with E-state index in [0.717, 1.165) is 22.3 Å². The van der Waals surface area contributed by atoms with Gasteiger partial charge in [0.2, 0.25) is 10.0 Å². The number of rotatable bonds is 5. The molecule has 12 heteroatoms. The van der Waals surface area contributed by atoms with Gasteiger partial charge < -0.3 is 20.3 Å². The quantitative estimate of drug-likeness (QED) is 0.461. The lowest BCUT2D eigenvalue weighted by Gasteiger charge is -2.38. The Hall–Kier alpha value is -3.24. The Morgan fingerprint density at radius 1 is 1.36 bits per heavy atom. The fourth-order valence-electron chi connectivity index (χ4n) is 4.81. The van der Waals surface area contributed by atoms with Gasteiger partial charge in [-0.05, 0) is 36.6 Å². The second-order valence-electron chi connectivity index (χ2n) is 9.04. The van der Waals surface area contributed by atoms with Crippen LogP contribution in [0.4, 0.5) is 5.69 Å². The number of hydrogen-bond acceptors (Lipinski definition) is 8. The summed E-state index contributed by atoms with van der Waals surface area (Å²) in [5.41, 5.74) is 3.99. The molecular weight excluding hydrogens is 500 g/mol. The average molecular weight is 527 g/mol. The number of anilines is 1. The number of aromatic nitrogens is 2. The first-order valence-electron chi connectivity index (χ1n) is 11.6. The maximum atomic E-state index is 12.5. The highest BCUT2D eigenvalue weighted by Gasteiger charge is 2.31. The molecule has 2 atom stereocenters. The van der Waals surface area contributed by atoms with E-state index in [1.807, 2.05) is 18.2 Å². The van der Waals surface area contributed by atoms with Crippen LogP contribution in [0.25, 0.3) is 16.5 Å². The number of nitriles is 1. The standard InChI is InChI=1S/C24H26N6O4S2/c1-36(33,34)30-9-4-15(5-10-30)18-12-17-20(3-2-16(13-25)22(17)27-18)29-8-6-21(31)19(14-29)28-23(32)24-26-7-11-35-24/h2-4,7,11-12,19,21,27,31H,5-6,8-10,14H2,1H3,(H,28,32)/t19-,21-/m0/s1. The lowest BCUT2D eigenvalue weighted by molar-refractivity contribution is 0.0786. The third-order valence-electron chi connectivity index (χ3n) is 6.74. The minimum absolute atomic E-state index is 0.308. The zero-order valence-corrected chi connectivity index (χ0v) is 21.3. The maximum absolute atomic E-state index is 12.5. The summed E-state index contributed by atoms with van der Waals surface area (Å²) in [6.45, 7) is 1.72. The molecule has 0 unspecified atom stereocenters. The third kappa shape index (κ3) is 4.75. The van der Waals surface area contributed by atoms with Gasteiger partial charge >= 0.3 is 0 Å². The zero-order chi connectivity index (χ0) is 25.4. The number of thiazole rings is 1. The summed E-state index contributed by atoms with van der Waals surface area (Å²) in [4.78, 5) is 22.1. The predicted octanol–water partition coefficient (Wildman–Crippen LogP) is 1.91. The molecule has 2 aliphatic rings. The Bertz CT molecular complexity index is 1470. The fourth-order valence-corrected chi connectivity index (χ4v) is 6.12. The van der Waals surface area contributed by atoms with Gasteiger partial charge in [0, 0.05) is 54.5 Å². The van der Waals surface area contributed by atoms with E-state index in [4.69, 9.17) is 0 Å². The SMILES string of the molecule is CS(=O)(=O)N1CC=C(c2cc3c(N4CC[C@H](O)[C@@H](NC(=O)c5nccs5)C4)ccc(C#N)c3[nH]2)CC1. The highest BCUT2D eigenvalue weighted by Crippen LogP contribution is 2.35. The van der Waals surface area contributed by atoms with Crippen molar-refractivity contribution in [2.45, 2.75) is 25.0 Å². The van der Waals surface area contributed by atoms with E-state index in [2.05, 4.69) is 26.3 Å². The molecule has 2 aromatic heterocycles. The number of amides is 1. The molecule has 1 fully saturated rings. The highest BCUT2D eigenvalue weighted by atomic mass is 32.2. The number of benzene rings is 1. The minimum atomic E-state index is -3.25. The monoisotopic (exact) mass is 526 g/mol. The molecule has 36 heavy (non-hydrogen) atoms. The molecule has 0 saturated carbocycles. The number of nitrogens with zero attached hydrogens (tertiary/aromatic N) is 4. The number of aliphatic hydroxyl groups excluding tert-OH is 1. The van der Waals surface area contributed by atoms with Gasteiger partial charge in [-0.1, -0.05) is 6.08 Å².